The summed E-state index contributed by atoms with van der Waals surface area (Å²) in [6.45, 7) is 3.69. The molecule has 0 aliphatic rings. The number of anilines is 1. The van der Waals surface area contributed by atoms with Gasteiger partial charge in [0.05, 0.1) is 0 Å². The topological polar surface area (TPSA) is 38.0 Å². The first-order valence-corrected chi connectivity index (χ1v) is 5.77. The van der Waals surface area contributed by atoms with Crippen LogP contribution in [0.2, 0.25) is 0 Å². The van der Waals surface area contributed by atoms with Gasteiger partial charge < -0.3 is 11.1 Å². The largest absolute Gasteiger partial charge is 0.399 e. The van der Waals surface area contributed by atoms with Gasteiger partial charge in [-0.05, 0) is 35.7 Å². The van der Waals surface area contributed by atoms with Crippen LogP contribution in [0.25, 0.3) is 0 Å². The SMILES string of the molecule is Cc1c(CNCc2ccccc2)[c]ccc1N. The number of nitrogen functional groups attached to an aromatic ring is 1. The van der Waals surface area contributed by atoms with E-state index in [1.807, 2.05) is 25.1 Å². The number of rotatable bonds is 4. The molecule has 3 N–H and O–H groups in total. The summed E-state index contributed by atoms with van der Waals surface area (Å²) >= 11 is 0. The van der Waals surface area contributed by atoms with E-state index in [1.165, 1.54) is 5.56 Å². The lowest BCUT2D eigenvalue weighted by molar-refractivity contribution is 0.690. The van der Waals surface area contributed by atoms with Crippen molar-refractivity contribution in [3.05, 3.63) is 65.2 Å². The van der Waals surface area contributed by atoms with Crippen molar-refractivity contribution in [3.8, 4) is 0 Å². The van der Waals surface area contributed by atoms with Crippen LogP contribution in [0.5, 0.6) is 0 Å². The highest BCUT2D eigenvalue weighted by Crippen LogP contribution is 2.14. The Morgan fingerprint density at radius 1 is 1.12 bits per heavy atom. The normalized spacial score (nSPS) is 10.4. The molecule has 1 radical (unpaired) electrons. The lowest BCUT2D eigenvalue weighted by Gasteiger charge is -2.09. The van der Waals surface area contributed by atoms with Gasteiger partial charge in [-0.2, -0.15) is 0 Å². The van der Waals surface area contributed by atoms with Crippen molar-refractivity contribution in [2.24, 2.45) is 0 Å². The Balaban J connectivity index is 1.93. The fraction of sp³-hybridized carbons (Fsp3) is 0.200. The van der Waals surface area contributed by atoms with Gasteiger partial charge >= 0.3 is 0 Å². The Morgan fingerprint density at radius 3 is 2.65 bits per heavy atom. The zero-order valence-corrected chi connectivity index (χ0v) is 10.0. The number of nitrogens with two attached hydrogens (primary N) is 1. The molecule has 2 aromatic carbocycles. The molecular weight excluding hydrogens is 208 g/mol. The molecule has 0 aliphatic heterocycles. The minimum Gasteiger partial charge on any atom is -0.399 e. The van der Waals surface area contributed by atoms with E-state index in [4.69, 9.17) is 5.73 Å². The maximum Gasteiger partial charge on any atom is 0.0347 e. The quantitative estimate of drug-likeness (QED) is 0.785. The van der Waals surface area contributed by atoms with Crippen molar-refractivity contribution >= 4 is 5.69 Å². The highest BCUT2D eigenvalue weighted by atomic mass is 14.8. The standard InChI is InChI=1S/C15H17N2/c1-12-14(8-5-9-15(12)16)11-17-10-13-6-3-2-4-7-13/h2-7,9,17H,10-11,16H2,1H3. The van der Waals surface area contributed by atoms with Crippen LogP contribution in [0.4, 0.5) is 5.69 Å². The van der Waals surface area contributed by atoms with Crippen molar-refractivity contribution < 1.29 is 0 Å². The van der Waals surface area contributed by atoms with E-state index in [0.717, 1.165) is 29.9 Å². The van der Waals surface area contributed by atoms with Gasteiger partial charge in [0.25, 0.3) is 0 Å². The molecule has 0 fully saturated rings. The Bertz CT molecular complexity index is 478. The summed E-state index contributed by atoms with van der Waals surface area (Å²) in [6.07, 6.45) is 0. The predicted molar refractivity (Wildman–Crippen MR) is 71.4 cm³/mol. The first kappa shape index (κ1) is 11.7. The molecule has 17 heavy (non-hydrogen) atoms. The van der Waals surface area contributed by atoms with Gasteiger partial charge in [0.15, 0.2) is 0 Å². The molecule has 0 bridgehead atoms. The molecule has 0 spiro atoms. The van der Waals surface area contributed by atoms with E-state index < -0.39 is 0 Å². The molecule has 0 aromatic heterocycles. The second kappa shape index (κ2) is 5.51. The molecule has 0 saturated heterocycles. The molecule has 0 aliphatic carbocycles. The first-order valence-electron chi connectivity index (χ1n) is 5.77. The van der Waals surface area contributed by atoms with Crippen LogP contribution in [-0.4, -0.2) is 0 Å². The summed E-state index contributed by atoms with van der Waals surface area (Å²) in [5, 5.41) is 3.40. The third-order valence-corrected chi connectivity index (χ3v) is 2.88. The Morgan fingerprint density at radius 2 is 1.88 bits per heavy atom. The van der Waals surface area contributed by atoms with Crippen LogP contribution in [0.1, 0.15) is 16.7 Å². The van der Waals surface area contributed by atoms with Crippen molar-refractivity contribution in [1.82, 2.24) is 5.32 Å². The fourth-order valence-corrected chi connectivity index (χ4v) is 1.75. The zero-order chi connectivity index (χ0) is 12.1. The Hall–Kier alpha value is -1.80. The van der Waals surface area contributed by atoms with E-state index in [0.29, 0.717) is 0 Å². The van der Waals surface area contributed by atoms with Gasteiger partial charge in [0, 0.05) is 18.8 Å². The van der Waals surface area contributed by atoms with E-state index >= 15 is 0 Å². The van der Waals surface area contributed by atoms with Crippen LogP contribution < -0.4 is 11.1 Å². The molecule has 2 rings (SSSR count). The second-order valence-corrected chi connectivity index (χ2v) is 4.13. The molecule has 0 saturated carbocycles. The van der Waals surface area contributed by atoms with Crippen molar-refractivity contribution in [1.29, 1.82) is 0 Å². The molecule has 2 nitrogen and oxygen atoms in total. The van der Waals surface area contributed by atoms with Gasteiger partial charge in [-0.3, -0.25) is 0 Å². The summed E-state index contributed by atoms with van der Waals surface area (Å²) in [6, 6.07) is 17.3. The molecule has 0 heterocycles. The van der Waals surface area contributed by atoms with Crippen LogP contribution >= 0.6 is 0 Å². The Labute approximate surface area is 102 Å². The van der Waals surface area contributed by atoms with Crippen molar-refractivity contribution in [2.75, 3.05) is 5.73 Å². The second-order valence-electron chi connectivity index (χ2n) is 4.13. The number of hydrogen-bond donors (Lipinski definition) is 2. The maximum atomic E-state index is 5.86. The van der Waals surface area contributed by atoms with Crippen molar-refractivity contribution in [3.63, 3.8) is 0 Å². The van der Waals surface area contributed by atoms with Gasteiger partial charge in [0.2, 0.25) is 0 Å². The highest BCUT2D eigenvalue weighted by Gasteiger charge is 2.00. The predicted octanol–water partition coefficient (Wildman–Crippen LogP) is 2.67. The van der Waals surface area contributed by atoms with Gasteiger partial charge in [0.1, 0.15) is 0 Å². The highest BCUT2D eigenvalue weighted by molar-refractivity contribution is 5.49. The van der Waals surface area contributed by atoms with E-state index in [-0.39, 0.29) is 0 Å². The fourth-order valence-electron chi connectivity index (χ4n) is 1.75. The monoisotopic (exact) mass is 225 g/mol. The average molecular weight is 225 g/mol. The summed E-state index contributed by atoms with van der Waals surface area (Å²) in [5.74, 6) is 0. The molecule has 2 heteroatoms. The summed E-state index contributed by atoms with van der Waals surface area (Å²) in [5.41, 5.74) is 10.2. The van der Waals surface area contributed by atoms with Gasteiger partial charge in [-0.15, -0.1) is 0 Å². The Kier molecular flexibility index (Phi) is 3.78. The molecular formula is C15H17N2. The maximum absolute atomic E-state index is 5.86. The van der Waals surface area contributed by atoms with E-state index in [2.05, 4.69) is 35.6 Å². The molecule has 0 amide bonds. The van der Waals surface area contributed by atoms with Crippen molar-refractivity contribution in [2.45, 2.75) is 20.0 Å². The zero-order valence-electron chi connectivity index (χ0n) is 10.0. The van der Waals surface area contributed by atoms with E-state index in [9.17, 15) is 0 Å². The summed E-state index contributed by atoms with van der Waals surface area (Å²) in [4.78, 5) is 0. The molecule has 0 unspecified atom stereocenters. The number of nitrogens with one attached hydrogen (secondary N) is 1. The van der Waals surface area contributed by atoms with E-state index in [1.54, 1.807) is 0 Å². The molecule has 0 atom stereocenters. The summed E-state index contributed by atoms with van der Waals surface area (Å²) < 4.78 is 0. The minimum atomic E-state index is 0.797. The van der Waals surface area contributed by atoms with Gasteiger partial charge in [-0.25, -0.2) is 0 Å². The molecule has 87 valence electrons. The van der Waals surface area contributed by atoms with Gasteiger partial charge in [-0.1, -0.05) is 36.4 Å². The third kappa shape index (κ3) is 3.08. The smallest absolute Gasteiger partial charge is 0.0347 e. The summed E-state index contributed by atoms with van der Waals surface area (Å²) in [7, 11) is 0. The van der Waals surface area contributed by atoms with Crippen LogP contribution in [0, 0.1) is 13.0 Å². The minimum absolute atomic E-state index is 0.797. The number of hydrogen-bond acceptors (Lipinski definition) is 2. The lowest BCUT2D eigenvalue weighted by Crippen LogP contribution is -2.14. The lowest BCUT2D eigenvalue weighted by atomic mass is 10.1. The first-order chi connectivity index (χ1) is 8.27. The molecule has 2 aromatic rings. The number of benzene rings is 2. The van der Waals surface area contributed by atoms with Crippen LogP contribution in [0.15, 0.2) is 42.5 Å². The average Bonchev–Trinajstić information content (AvgIpc) is 2.36. The van der Waals surface area contributed by atoms with Crippen LogP contribution in [0.3, 0.4) is 0 Å². The third-order valence-electron chi connectivity index (χ3n) is 2.88. The van der Waals surface area contributed by atoms with Crippen LogP contribution in [-0.2, 0) is 13.1 Å².